The molecule has 0 amide bonds. The third-order valence-corrected chi connectivity index (χ3v) is 2.64. The van der Waals surface area contributed by atoms with E-state index in [9.17, 15) is 5.11 Å². The van der Waals surface area contributed by atoms with Crippen molar-refractivity contribution in [2.45, 2.75) is 37.8 Å². The Labute approximate surface area is 82.5 Å². The van der Waals surface area contributed by atoms with Crippen molar-refractivity contribution in [3.05, 3.63) is 12.2 Å². The Morgan fingerprint density at radius 1 is 1.57 bits per heavy atom. The van der Waals surface area contributed by atoms with E-state index >= 15 is 0 Å². The number of nitrogens with zero attached hydrogens (tertiary/aromatic N) is 2. The first-order chi connectivity index (χ1) is 6.86. The second-order valence-electron chi connectivity index (χ2n) is 3.66. The number of aliphatic hydroxyl groups is 1. The van der Waals surface area contributed by atoms with E-state index < -0.39 is 0 Å². The lowest BCUT2D eigenvalue weighted by atomic mass is 10.2. The molecule has 0 radical (unpaired) electrons. The van der Waals surface area contributed by atoms with Gasteiger partial charge >= 0.3 is 0 Å². The molecule has 1 saturated carbocycles. The minimum atomic E-state index is -0.180. The fourth-order valence-corrected chi connectivity index (χ4v) is 1.85. The van der Waals surface area contributed by atoms with Crippen LogP contribution in [0.3, 0.4) is 0 Å². The molecule has 1 aromatic rings. The summed E-state index contributed by atoms with van der Waals surface area (Å²) in [6.07, 6.45) is 4.99. The summed E-state index contributed by atoms with van der Waals surface area (Å²) in [5.41, 5.74) is 0. The van der Waals surface area contributed by atoms with Gasteiger partial charge in [-0.25, -0.2) is 0 Å². The number of aromatic nitrogens is 2. The average Bonchev–Trinajstić information content (AvgIpc) is 2.78. The van der Waals surface area contributed by atoms with Crippen molar-refractivity contribution in [3.8, 4) is 0 Å². The third-order valence-electron chi connectivity index (χ3n) is 2.64. The van der Waals surface area contributed by atoms with Crippen LogP contribution in [0.25, 0.3) is 0 Å². The molecule has 0 aliphatic heterocycles. The number of hydrogen-bond donors (Lipinski definition) is 2. The van der Waals surface area contributed by atoms with Gasteiger partial charge in [0.1, 0.15) is 0 Å². The number of rotatable bonds is 4. The van der Waals surface area contributed by atoms with Crippen LogP contribution in [-0.2, 0) is 6.42 Å². The third kappa shape index (κ3) is 2.30. The summed E-state index contributed by atoms with van der Waals surface area (Å²) in [5.74, 6) is 0.713. The van der Waals surface area contributed by atoms with E-state index in [1.165, 1.54) is 6.39 Å². The molecule has 0 bridgehead atoms. The van der Waals surface area contributed by atoms with E-state index in [0.717, 1.165) is 32.2 Å². The zero-order chi connectivity index (χ0) is 9.80. The molecule has 0 saturated heterocycles. The van der Waals surface area contributed by atoms with Crippen molar-refractivity contribution >= 4 is 0 Å². The van der Waals surface area contributed by atoms with Crippen molar-refractivity contribution in [2.75, 3.05) is 6.54 Å². The van der Waals surface area contributed by atoms with Gasteiger partial charge in [0.2, 0.25) is 6.39 Å². The number of aliphatic hydroxyl groups excluding tert-OH is 1. The standard InChI is InChI=1S/C9H15N3O2/c13-8-3-1-2-7(8)10-5-4-9-11-6-14-12-9/h6-8,10,13H,1-5H2/t7-,8-/m0/s1. The molecule has 0 unspecified atom stereocenters. The molecule has 5 nitrogen and oxygen atoms in total. The molecular weight excluding hydrogens is 182 g/mol. The highest BCUT2D eigenvalue weighted by atomic mass is 16.5. The summed E-state index contributed by atoms with van der Waals surface area (Å²) in [7, 11) is 0. The van der Waals surface area contributed by atoms with Crippen LogP contribution < -0.4 is 5.32 Å². The summed E-state index contributed by atoms with van der Waals surface area (Å²) in [5, 5.41) is 16.5. The van der Waals surface area contributed by atoms with Gasteiger partial charge in [-0.05, 0) is 19.3 Å². The van der Waals surface area contributed by atoms with Crippen molar-refractivity contribution < 1.29 is 9.63 Å². The van der Waals surface area contributed by atoms with Gasteiger partial charge in [0.05, 0.1) is 6.10 Å². The molecular formula is C9H15N3O2. The van der Waals surface area contributed by atoms with Gasteiger partial charge < -0.3 is 14.9 Å². The van der Waals surface area contributed by atoms with Crippen molar-refractivity contribution in [1.29, 1.82) is 0 Å². The minimum Gasteiger partial charge on any atom is -0.392 e. The highest BCUT2D eigenvalue weighted by Crippen LogP contribution is 2.18. The van der Waals surface area contributed by atoms with Gasteiger partial charge in [-0.3, -0.25) is 0 Å². The molecule has 5 heteroatoms. The van der Waals surface area contributed by atoms with Crippen LogP contribution in [0.5, 0.6) is 0 Å². The van der Waals surface area contributed by atoms with Crippen LogP contribution in [0.4, 0.5) is 0 Å². The zero-order valence-corrected chi connectivity index (χ0v) is 8.02. The highest BCUT2D eigenvalue weighted by molar-refractivity contribution is 4.85. The molecule has 1 aliphatic rings. The Morgan fingerprint density at radius 3 is 3.14 bits per heavy atom. The van der Waals surface area contributed by atoms with Crippen molar-refractivity contribution in [2.24, 2.45) is 0 Å². The maximum absolute atomic E-state index is 9.53. The predicted molar refractivity (Wildman–Crippen MR) is 49.7 cm³/mol. The van der Waals surface area contributed by atoms with Gasteiger partial charge in [0, 0.05) is 19.0 Å². The van der Waals surface area contributed by atoms with Crippen LogP contribution in [-0.4, -0.2) is 33.9 Å². The molecule has 2 N–H and O–H groups in total. The monoisotopic (exact) mass is 197 g/mol. The fraction of sp³-hybridized carbons (Fsp3) is 0.778. The van der Waals surface area contributed by atoms with E-state index in [4.69, 9.17) is 0 Å². The predicted octanol–water partition coefficient (Wildman–Crippen LogP) is 0.115. The first kappa shape index (κ1) is 9.61. The summed E-state index contributed by atoms with van der Waals surface area (Å²) in [6.45, 7) is 0.793. The fourth-order valence-electron chi connectivity index (χ4n) is 1.85. The van der Waals surface area contributed by atoms with Crippen LogP contribution in [0, 0.1) is 0 Å². The summed E-state index contributed by atoms with van der Waals surface area (Å²) in [4.78, 5) is 3.92. The number of hydrogen-bond acceptors (Lipinski definition) is 5. The van der Waals surface area contributed by atoms with Crippen molar-refractivity contribution in [3.63, 3.8) is 0 Å². The molecule has 78 valence electrons. The van der Waals surface area contributed by atoms with Gasteiger partial charge in [-0.15, -0.1) is 0 Å². The van der Waals surface area contributed by atoms with Gasteiger partial charge in [0.25, 0.3) is 0 Å². The van der Waals surface area contributed by atoms with Crippen LogP contribution in [0.1, 0.15) is 25.1 Å². The van der Waals surface area contributed by atoms with E-state index in [0.29, 0.717) is 5.82 Å². The van der Waals surface area contributed by atoms with Gasteiger partial charge in [0.15, 0.2) is 5.82 Å². The number of nitrogens with one attached hydrogen (secondary N) is 1. The maximum atomic E-state index is 9.53. The van der Waals surface area contributed by atoms with Crippen LogP contribution in [0.2, 0.25) is 0 Å². The lowest BCUT2D eigenvalue weighted by Crippen LogP contribution is -2.36. The Kier molecular flexibility index (Phi) is 3.10. The topological polar surface area (TPSA) is 71.2 Å². The molecule has 0 aromatic carbocycles. The molecule has 14 heavy (non-hydrogen) atoms. The highest BCUT2D eigenvalue weighted by Gasteiger charge is 2.24. The van der Waals surface area contributed by atoms with Crippen molar-refractivity contribution in [1.82, 2.24) is 15.5 Å². The van der Waals surface area contributed by atoms with E-state index in [-0.39, 0.29) is 12.1 Å². The average molecular weight is 197 g/mol. The molecule has 1 aromatic heterocycles. The second-order valence-corrected chi connectivity index (χ2v) is 3.66. The zero-order valence-electron chi connectivity index (χ0n) is 8.02. The van der Waals surface area contributed by atoms with Gasteiger partial charge in [-0.1, -0.05) is 5.16 Å². The van der Waals surface area contributed by atoms with E-state index in [2.05, 4.69) is 20.0 Å². The molecule has 1 fully saturated rings. The SMILES string of the molecule is O[C@H]1CCC[C@@H]1NCCc1ncon1. The smallest absolute Gasteiger partial charge is 0.213 e. The summed E-state index contributed by atoms with van der Waals surface area (Å²) >= 11 is 0. The quantitative estimate of drug-likeness (QED) is 0.717. The molecule has 0 spiro atoms. The van der Waals surface area contributed by atoms with E-state index in [1.807, 2.05) is 0 Å². The van der Waals surface area contributed by atoms with Gasteiger partial charge in [-0.2, -0.15) is 4.98 Å². The lowest BCUT2D eigenvalue weighted by molar-refractivity contribution is 0.149. The maximum Gasteiger partial charge on any atom is 0.213 e. The Hall–Kier alpha value is -0.940. The lowest BCUT2D eigenvalue weighted by Gasteiger charge is -2.15. The van der Waals surface area contributed by atoms with Crippen LogP contribution >= 0.6 is 0 Å². The largest absolute Gasteiger partial charge is 0.392 e. The first-order valence-electron chi connectivity index (χ1n) is 5.03. The molecule has 1 heterocycles. The Morgan fingerprint density at radius 2 is 2.50 bits per heavy atom. The summed E-state index contributed by atoms with van der Waals surface area (Å²) in [6, 6.07) is 0.252. The Bertz CT molecular complexity index is 263. The Balaban J connectivity index is 1.68. The first-order valence-corrected chi connectivity index (χ1v) is 5.03. The molecule has 2 atom stereocenters. The second kappa shape index (κ2) is 4.52. The summed E-state index contributed by atoms with van der Waals surface area (Å²) < 4.78 is 4.62. The van der Waals surface area contributed by atoms with E-state index in [1.54, 1.807) is 0 Å². The van der Waals surface area contributed by atoms with Crippen LogP contribution in [0.15, 0.2) is 10.9 Å². The minimum absolute atomic E-state index is 0.180. The normalized spacial score (nSPS) is 26.9. The molecule has 1 aliphatic carbocycles. The molecule has 2 rings (SSSR count).